The highest BCUT2D eigenvalue weighted by atomic mass is 16.6. The number of nitrogens with zero attached hydrogens (tertiary/aromatic N) is 2. The molecule has 0 spiro atoms. The molecule has 3 aliphatic rings. The van der Waals surface area contributed by atoms with E-state index >= 15 is 0 Å². The van der Waals surface area contributed by atoms with Crippen LogP contribution >= 0.6 is 0 Å². The van der Waals surface area contributed by atoms with E-state index in [0.717, 1.165) is 74.2 Å². The maximum Gasteiger partial charge on any atom is 0.306 e. The molecule has 21 nitrogen and oxygen atoms in total. The Balaban J connectivity index is 1.32. The van der Waals surface area contributed by atoms with Crippen LogP contribution in [0.5, 0.6) is 0 Å². The molecular formula is C68H94N4O17. The predicted molar refractivity (Wildman–Crippen MR) is 339 cm³/mol. The molecule has 1 aliphatic carbocycles. The van der Waals surface area contributed by atoms with Crippen molar-refractivity contribution >= 4 is 50.9 Å². The van der Waals surface area contributed by atoms with Crippen LogP contribution in [0.1, 0.15) is 139 Å². The summed E-state index contributed by atoms with van der Waals surface area (Å²) in [4.78, 5) is 58.3. The molecule has 0 saturated heterocycles. The van der Waals surface area contributed by atoms with Crippen molar-refractivity contribution in [3.8, 4) is 11.8 Å². The first-order valence-electron chi connectivity index (χ1n) is 31.0. The number of hydrogen-bond acceptors (Lipinski definition) is 18. The first-order valence-corrected chi connectivity index (χ1v) is 31.0. The number of rotatable bonds is 43. The molecule has 0 radical (unpaired) electrons. The van der Waals surface area contributed by atoms with E-state index in [1.165, 1.54) is 0 Å². The summed E-state index contributed by atoms with van der Waals surface area (Å²) in [7, 11) is 4.85. The molecule has 0 aromatic carbocycles. The smallest absolute Gasteiger partial charge is 0.306 e. The molecule has 2 aliphatic heterocycles. The van der Waals surface area contributed by atoms with E-state index in [4.69, 9.17) is 71.5 Å². The van der Waals surface area contributed by atoms with E-state index in [9.17, 15) is 19.5 Å². The first-order chi connectivity index (χ1) is 43.2. The molecule has 0 unspecified atom stereocenters. The zero-order chi connectivity index (χ0) is 63.9. The van der Waals surface area contributed by atoms with E-state index in [0.29, 0.717) is 150 Å². The first kappa shape index (κ1) is 71.5. The second kappa shape index (κ2) is 38.9. The van der Waals surface area contributed by atoms with Crippen molar-refractivity contribution in [3.63, 3.8) is 0 Å². The summed E-state index contributed by atoms with van der Waals surface area (Å²) in [5, 5.41) is 9.47. The Morgan fingerprint density at radius 3 is 1.83 bits per heavy atom. The molecular weight excluding hydrogens is 1140 g/mol. The van der Waals surface area contributed by atoms with Gasteiger partial charge in [-0.3, -0.25) is 19.4 Å². The van der Waals surface area contributed by atoms with Crippen LogP contribution in [0.25, 0.3) is 33.2 Å². The molecule has 0 fully saturated rings. The molecule has 89 heavy (non-hydrogen) atoms. The molecule has 8 bridgehead atoms. The molecule has 0 saturated carbocycles. The maximum atomic E-state index is 14.4. The number of carboxylic acids is 1. The number of esters is 1. The quantitative estimate of drug-likeness (QED) is 0.0157. The van der Waals surface area contributed by atoms with Crippen molar-refractivity contribution in [2.75, 3.05) is 153 Å². The van der Waals surface area contributed by atoms with E-state index in [-0.39, 0.29) is 83.1 Å². The van der Waals surface area contributed by atoms with Crippen molar-refractivity contribution in [3.05, 3.63) is 104 Å². The summed E-state index contributed by atoms with van der Waals surface area (Å²) in [5.41, 5.74) is 14.1. The fraction of sp³-hybridized carbons (Fsp3) is 0.574. The van der Waals surface area contributed by atoms with Crippen molar-refractivity contribution in [1.82, 2.24) is 19.9 Å². The van der Waals surface area contributed by atoms with Gasteiger partial charge in [0, 0.05) is 81.0 Å². The molecule has 3 aromatic rings. The van der Waals surface area contributed by atoms with Gasteiger partial charge in [0.25, 0.3) is 0 Å². The topological polar surface area (TPSA) is 249 Å². The lowest BCUT2D eigenvalue weighted by atomic mass is 9.84. The van der Waals surface area contributed by atoms with Crippen LogP contribution in [0.4, 0.5) is 0 Å². The Hall–Kier alpha value is -6.55. The number of hydrogen-bond donors (Lipinski definition) is 3. The molecule has 488 valence electrons. The standard InChI is InChI=1S/C68H94N4O17/c1-11-52-46(4)57-41-60-53(12-2)47(5)65(71-60)55(16-14-13-15-17-62(74)75)66-48(6)54(67(72-66)56-40-61(73)64-49(7)58(70-68(56)64)42-59(52)69-57)18-19-63(76)89-43-50(38-45(3)87-36-34-84-30-27-81-24-21-78-9)39-51(88-37-35-85-31-28-82-25-22-79-10)44-86-33-32-83-29-26-80-23-20-77-8/h38-39,41-42,48,54,70-71H,3,11-13,15,17-37,40,43-44H2,1-2,4-10H3,(H,74,75)/b50-38+,51-39+,57-41?,58-42?,59-42?,60-41?,65-55?,66-55?,67-56?/t48-,54-/m0/s1. The van der Waals surface area contributed by atoms with Gasteiger partial charge in [0.2, 0.25) is 0 Å². The van der Waals surface area contributed by atoms with Crippen LogP contribution in [0, 0.1) is 25.7 Å². The fourth-order valence-corrected chi connectivity index (χ4v) is 10.8. The van der Waals surface area contributed by atoms with Crippen molar-refractivity contribution < 1.29 is 81.1 Å². The fourth-order valence-electron chi connectivity index (χ4n) is 10.8. The highest BCUT2D eigenvalue weighted by Crippen LogP contribution is 2.46. The second-order valence-corrected chi connectivity index (χ2v) is 21.6. The number of ether oxygens (including phenoxy) is 13. The number of fused-ring (bicyclic) bond motifs is 8. The third kappa shape index (κ3) is 21.8. The number of carboxylic acid groups (broad SMARTS) is 1. The summed E-state index contributed by atoms with van der Waals surface area (Å²) in [6.07, 6.45) is 6.06. The zero-order valence-corrected chi connectivity index (χ0v) is 53.8. The summed E-state index contributed by atoms with van der Waals surface area (Å²) >= 11 is 0. The van der Waals surface area contributed by atoms with Gasteiger partial charge < -0.3 is 76.7 Å². The number of aryl methyl sites for hydroxylation is 3. The Bertz CT molecular complexity index is 3160. The SMILES string of the molecule is C=C(/C=C(\C=C(/COCCOCCOCCOC)OCCOCCOCCOC)COC(=O)CC[C@@H]1c2nc(c(C#CCCCC(=O)O)c3[nH]c(cc4nc(cc5[nH]c6c2CC(=O)c6c5C)C(CC)=C4C)c(CC)c3C)[C@H]1C)OCCOCCOCCOC. The number of H-pyrrole nitrogens is 2. The van der Waals surface area contributed by atoms with E-state index in [1.807, 2.05) is 13.0 Å². The number of nitrogens with one attached hydrogen (secondary N) is 2. The lowest BCUT2D eigenvalue weighted by molar-refractivity contribution is -0.143. The molecule has 3 N–H and O–H groups in total. The van der Waals surface area contributed by atoms with E-state index < -0.39 is 11.9 Å². The number of carbonyl (C=O) groups excluding carboxylic acids is 2. The molecule has 5 heterocycles. The van der Waals surface area contributed by atoms with Gasteiger partial charge in [0.05, 0.1) is 145 Å². The van der Waals surface area contributed by atoms with Crippen LogP contribution in [0.15, 0.2) is 48.0 Å². The largest absolute Gasteiger partial charge is 0.493 e. The summed E-state index contributed by atoms with van der Waals surface area (Å²) in [6, 6.07) is 4.16. The Labute approximate surface area is 524 Å². The summed E-state index contributed by atoms with van der Waals surface area (Å²) < 4.78 is 73.2. The normalized spacial score (nSPS) is 14.8. The number of Topliss-reactive ketones (excluding diaryl/α,β-unsaturated/α-hetero) is 1. The molecule has 21 heteroatoms. The van der Waals surface area contributed by atoms with Crippen LogP contribution in [0.3, 0.4) is 0 Å². The van der Waals surface area contributed by atoms with Gasteiger partial charge in [-0.2, -0.15) is 0 Å². The van der Waals surface area contributed by atoms with Gasteiger partial charge in [-0.15, -0.1) is 0 Å². The lowest BCUT2D eigenvalue weighted by Crippen LogP contribution is -2.15. The molecule has 0 amide bonds. The highest BCUT2D eigenvalue weighted by Gasteiger charge is 2.37. The monoisotopic (exact) mass is 1240 g/mol. The minimum absolute atomic E-state index is 0.00369. The average Bonchev–Trinajstić information content (AvgIpc) is 1.60. The average molecular weight is 1240 g/mol. The molecule has 3 aromatic heterocycles. The van der Waals surface area contributed by atoms with Crippen LogP contribution in [-0.2, 0) is 84.0 Å². The summed E-state index contributed by atoms with van der Waals surface area (Å²) in [5.74, 6) is 5.46. The molecule has 2 atom stereocenters. The van der Waals surface area contributed by atoms with E-state index in [1.54, 1.807) is 33.5 Å². The zero-order valence-electron chi connectivity index (χ0n) is 53.8. The van der Waals surface area contributed by atoms with Crippen LogP contribution < -0.4 is 0 Å². The predicted octanol–water partition coefficient (Wildman–Crippen LogP) is 9.80. The minimum Gasteiger partial charge on any atom is -0.493 e. The number of carbonyl (C=O) groups is 3. The highest BCUT2D eigenvalue weighted by molar-refractivity contribution is 6.13. The number of ketones is 1. The van der Waals surface area contributed by atoms with Gasteiger partial charge in [-0.1, -0.05) is 39.2 Å². The third-order valence-corrected chi connectivity index (χ3v) is 15.4. The number of aromatic amines is 2. The van der Waals surface area contributed by atoms with Crippen molar-refractivity contribution in [2.24, 2.45) is 0 Å². The van der Waals surface area contributed by atoms with Gasteiger partial charge >= 0.3 is 11.9 Å². The Kier molecular flexibility index (Phi) is 31.2. The summed E-state index contributed by atoms with van der Waals surface area (Å²) in [6.45, 7) is 23.2. The number of methoxy groups -OCH3 is 3. The second-order valence-electron chi connectivity index (χ2n) is 21.6. The van der Waals surface area contributed by atoms with Crippen molar-refractivity contribution in [2.45, 2.75) is 105 Å². The van der Waals surface area contributed by atoms with Gasteiger partial charge in [-0.25, -0.2) is 4.98 Å². The van der Waals surface area contributed by atoms with Crippen LogP contribution in [-0.4, -0.2) is 196 Å². The Morgan fingerprint density at radius 1 is 0.663 bits per heavy atom. The van der Waals surface area contributed by atoms with Crippen molar-refractivity contribution in [1.29, 1.82) is 0 Å². The van der Waals surface area contributed by atoms with Gasteiger partial charge in [0.1, 0.15) is 37.9 Å². The van der Waals surface area contributed by atoms with Crippen LogP contribution in [0.2, 0.25) is 0 Å². The molecule has 6 rings (SSSR count). The third-order valence-electron chi connectivity index (χ3n) is 15.4. The lowest BCUT2D eigenvalue weighted by Gasteiger charge is -2.18. The van der Waals surface area contributed by atoms with Gasteiger partial charge in [-0.05, 0) is 104 Å². The number of aromatic nitrogens is 4. The number of allylic oxidation sites excluding steroid dienone is 3. The Morgan fingerprint density at radius 2 is 1.24 bits per heavy atom. The van der Waals surface area contributed by atoms with Gasteiger partial charge in [0.15, 0.2) is 5.78 Å². The number of unbranched alkanes of at least 4 members (excludes halogenated alkanes) is 1. The maximum absolute atomic E-state index is 14.4. The number of aliphatic carboxylic acids is 1. The van der Waals surface area contributed by atoms with E-state index in [2.05, 4.69) is 69.1 Å². The minimum atomic E-state index is -0.885.